The summed E-state index contributed by atoms with van der Waals surface area (Å²) in [7, 11) is 0. The highest BCUT2D eigenvalue weighted by Gasteiger charge is 2.17. The molecule has 0 unspecified atom stereocenters. The van der Waals surface area contributed by atoms with Gasteiger partial charge in [0, 0.05) is 51.5 Å². The Morgan fingerprint density at radius 3 is 2.86 bits per heavy atom. The molecular formula is C17H27N3O. The SMILES string of the molecule is Cc1cccc2c1N(CCCN1CCOCC1)CCNC2. The topological polar surface area (TPSA) is 27.7 Å². The van der Waals surface area contributed by atoms with Gasteiger partial charge in [-0.05, 0) is 24.5 Å². The third-order valence-corrected chi connectivity index (χ3v) is 4.52. The molecule has 1 fully saturated rings. The van der Waals surface area contributed by atoms with Gasteiger partial charge in [-0.25, -0.2) is 0 Å². The van der Waals surface area contributed by atoms with E-state index in [1.165, 1.54) is 29.8 Å². The fourth-order valence-corrected chi connectivity index (χ4v) is 3.40. The van der Waals surface area contributed by atoms with Gasteiger partial charge in [-0.3, -0.25) is 4.90 Å². The van der Waals surface area contributed by atoms with E-state index in [1.807, 2.05) is 0 Å². The third-order valence-electron chi connectivity index (χ3n) is 4.52. The van der Waals surface area contributed by atoms with Gasteiger partial charge >= 0.3 is 0 Å². The van der Waals surface area contributed by atoms with Crippen molar-refractivity contribution in [3.05, 3.63) is 29.3 Å². The third kappa shape index (κ3) is 3.76. The maximum Gasteiger partial charge on any atom is 0.0594 e. The molecule has 21 heavy (non-hydrogen) atoms. The highest BCUT2D eigenvalue weighted by atomic mass is 16.5. The Morgan fingerprint density at radius 2 is 2.00 bits per heavy atom. The Morgan fingerprint density at radius 1 is 1.14 bits per heavy atom. The van der Waals surface area contributed by atoms with Gasteiger partial charge in [0.2, 0.25) is 0 Å². The molecule has 0 aliphatic carbocycles. The quantitative estimate of drug-likeness (QED) is 0.912. The van der Waals surface area contributed by atoms with Crippen molar-refractivity contribution in [1.29, 1.82) is 0 Å². The molecule has 0 amide bonds. The molecule has 0 saturated carbocycles. The molecule has 4 heteroatoms. The number of aryl methyl sites for hydroxylation is 1. The summed E-state index contributed by atoms with van der Waals surface area (Å²) in [4.78, 5) is 5.10. The Labute approximate surface area is 128 Å². The van der Waals surface area contributed by atoms with E-state index in [2.05, 4.69) is 40.2 Å². The van der Waals surface area contributed by atoms with Crippen LogP contribution in [0.5, 0.6) is 0 Å². The molecule has 1 N–H and O–H groups in total. The summed E-state index contributed by atoms with van der Waals surface area (Å²) in [5, 5.41) is 3.53. The summed E-state index contributed by atoms with van der Waals surface area (Å²) >= 11 is 0. The number of hydrogen-bond donors (Lipinski definition) is 1. The summed E-state index contributed by atoms with van der Waals surface area (Å²) in [5.74, 6) is 0. The predicted molar refractivity (Wildman–Crippen MR) is 87.0 cm³/mol. The number of nitrogens with one attached hydrogen (secondary N) is 1. The van der Waals surface area contributed by atoms with E-state index < -0.39 is 0 Å². The largest absolute Gasteiger partial charge is 0.379 e. The first-order valence-electron chi connectivity index (χ1n) is 8.19. The molecule has 2 heterocycles. The summed E-state index contributed by atoms with van der Waals surface area (Å²) in [6.45, 7) is 11.7. The van der Waals surface area contributed by atoms with Crippen LogP contribution in [0.2, 0.25) is 0 Å². The van der Waals surface area contributed by atoms with Crippen molar-refractivity contribution in [2.24, 2.45) is 0 Å². The second kappa shape index (κ2) is 7.25. The second-order valence-electron chi connectivity index (χ2n) is 6.05. The molecule has 1 aromatic carbocycles. The zero-order valence-corrected chi connectivity index (χ0v) is 13.1. The van der Waals surface area contributed by atoms with Crippen molar-refractivity contribution < 1.29 is 4.74 Å². The van der Waals surface area contributed by atoms with E-state index in [4.69, 9.17) is 4.74 Å². The lowest BCUT2D eigenvalue weighted by molar-refractivity contribution is 0.0376. The number of nitrogens with zero attached hydrogens (tertiary/aromatic N) is 2. The van der Waals surface area contributed by atoms with Crippen LogP contribution in [0.4, 0.5) is 5.69 Å². The number of fused-ring (bicyclic) bond motifs is 1. The van der Waals surface area contributed by atoms with Crippen LogP contribution in [0.25, 0.3) is 0 Å². The van der Waals surface area contributed by atoms with Crippen molar-refractivity contribution in [2.45, 2.75) is 19.9 Å². The van der Waals surface area contributed by atoms with Crippen LogP contribution in [-0.2, 0) is 11.3 Å². The summed E-state index contributed by atoms with van der Waals surface area (Å²) in [6, 6.07) is 6.67. The van der Waals surface area contributed by atoms with Gasteiger partial charge in [-0.15, -0.1) is 0 Å². The monoisotopic (exact) mass is 289 g/mol. The van der Waals surface area contributed by atoms with E-state index in [0.717, 1.165) is 52.5 Å². The molecule has 0 bridgehead atoms. The van der Waals surface area contributed by atoms with Gasteiger partial charge in [-0.1, -0.05) is 18.2 Å². The number of benzene rings is 1. The Hall–Kier alpha value is -1.10. The first kappa shape index (κ1) is 14.8. The number of anilines is 1. The average molecular weight is 289 g/mol. The van der Waals surface area contributed by atoms with Crippen LogP contribution in [0.3, 0.4) is 0 Å². The van der Waals surface area contributed by atoms with Gasteiger partial charge in [0.25, 0.3) is 0 Å². The van der Waals surface area contributed by atoms with E-state index in [1.54, 1.807) is 0 Å². The second-order valence-corrected chi connectivity index (χ2v) is 6.05. The number of hydrogen-bond acceptors (Lipinski definition) is 4. The van der Waals surface area contributed by atoms with Gasteiger partial charge in [-0.2, -0.15) is 0 Å². The minimum absolute atomic E-state index is 0.898. The summed E-state index contributed by atoms with van der Waals surface area (Å²) in [5.41, 5.74) is 4.31. The molecule has 0 aromatic heterocycles. The lowest BCUT2D eigenvalue weighted by atomic mass is 10.1. The highest BCUT2D eigenvalue weighted by molar-refractivity contribution is 5.60. The fourth-order valence-electron chi connectivity index (χ4n) is 3.40. The van der Waals surface area contributed by atoms with Crippen molar-refractivity contribution in [2.75, 3.05) is 57.4 Å². The summed E-state index contributed by atoms with van der Waals surface area (Å²) in [6.07, 6.45) is 1.23. The van der Waals surface area contributed by atoms with Crippen LogP contribution in [0, 0.1) is 6.92 Å². The maximum absolute atomic E-state index is 5.41. The van der Waals surface area contributed by atoms with Crippen molar-refractivity contribution in [1.82, 2.24) is 10.2 Å². The average Bonchev–Trinajstić information content (AvgIpc) is 2.72. The normalized spacial score (nSPS) is 20.1. The Balaban J connectivity index is 1.60. The summed E-state index contributed by atoms with van der Waals surface area (Å²) < 4.78 is 5.41. The zero-order chi connectivity index (χ0) is 14.5. The van der Waals surface area contributed by atoms with Gasteiger partial charge < -0.3 is 15.0 Å². The lowest BCUT2D eigenvalue weighted by Gasteiger charge is -2.30. The van der Waals surface area contributed by atoms with Crippen LogP contribution in [0.1, 0.15) is 17.5 Å². The van der Waals surface area contributed by atoms with Crippen LogP contribution in [-0.4, -0.2) is 57.4 Å². The molecule has 0 spiro atoms. The van der Waals surface area contributed by atoms with Gasteiger partial charge in [0.1, 0.15) is 0 Å². The van der Waals surface area contributed by atoms with Crippen molar-refractivity contribution in [3.63, 3.8) is 0 Å². The molecule has 1 aromatic rings. The Bertz CT molecular complexity index is 457. The molecule has 2 aliphatic rings. The first-order valence-corrected chi connectivity index (χ1v) is 8.19. The fraction of sp³-hybridized carbons (Fsp3) is 0.647. The molecular weight excluding hydrogens is 262 g/mol. The minimum Gasteiger partial charge on any atom is -0.379 e. The van der Waals surface area contributed by atoms with E-state index in [-0.39, 0.29) is 0 Å². The van der Waals surface area contributed by atoms with Crippen molar-refractivity contribution in [3.8, 4) is 0 Å². The molecule has 2 aliphatic heterocycles. The molecule has 4 nitrogen and oxygen atoms in total. The molecule has 3 rings (SSSR count). The smallest absolute Gasteiger partial charge is 0.0594 e. The van der Waals surface area contributed by atoms with Gasteiger partial charge in [0.05, 0.1) is 13.2 Å². The van der Waals surface area contributed by atoms with Crippen LogP contribution >= 0.6 is 0 Å². The highest BCUT2D eigenvalue weighted by Crippen LogP contribution is 2.26. The molecule has 0 atom stereocenters. The van der Waals surface area contributed by atoms with Crippen molar-refractivity contribution >= 4 is 5.69 Å². The zero-order valence-electron chi connectivity index (χ0n) is 13.1. The Kier molecular flexibility index (Phi) is 5.12. The van der Waals surface area contributed by atoms with E-state index in [9.17, 15) is 0 Å². The number of rotatable bonds is 4. The van der Waals surface area contributed by atoms with Crippen LogP contribution < -0.4 is 10.2 Å². The number of ether oxygens (including phenoxy) is 1. The lowest BCUT2D eigenvalue weighted by Crippen LogP contribution is -2.38. The number of para-hydroxylation sites is 1. The standard InChI is InChI=1S/C17H27N3O/c1-15-4-2-5-16-14-18-6-9-20(17(15)16)8-3-7-19-10-12-21-13-11-19/h2,4-5,18H,3,6-14H2,1H3. The van der Waals surface area contributed by atoms with Gasteiger partial charge in [0.15, 0.2) is 0 Å². The molecule has 1 saturated heterocycles. The number of morpholine rings is 1. The van der Waals surface area contributed by atoms with Crippen LogP contribution in [0.15, 0.2) is 18.2 Å². The molecule has 116 valence electrons. The molecule has 0 radical (unpaired) electrons. The minimum atomic E-state index is 0.898. The first-order chi connectivity index (χ1) is 10.3. The van der Waals surface area contributed by atoms with E-state index >= 15 is 0 Å². The maximum atomic E-state index is 5.41. The predicted octanol–water partition coefficient (Wildman–Crippen LogP) is 1.63. The van der Waals surface area contributed by atoms with E-state index in [0.29, 0.717) is 0 Å².